The summed E-state index contributed by atoms with van der Waals surface area (Å²) >= 11 is 0. The number of benzene rings is 1. The minimum absolute atomic E-state index is 0.163. The zero-order valence-electron chi connectivity index (χ0n) is 13.2. The van der Waals surface area contributed by atoms with E-state index < -0.39 is 11.7 Å². The van der Waals surface area contributed by atoms with E-state index in [1.165, 1.54) is 6.07 Å². The van der Waals surface area contributed by atoms with E-state index in [4.69, 9.17) is 0 Å². The average Bonchev–Trinajstić information content (AvgIpc) is 3.38. The van der Waals surface area contributed by atoms with Crippen LogP contribution in [-0.4, -0.2) is 37.0 Å². The van der Waals surface area contributed by atoms with Gasteiger partial charge in [0.2, 0.25) is 5.91 Å². The maximum atomic E-state index is 13.3. The van der Waals surface area contributed by atoms with Gasteiger partial charge < -0.3 is 9.80 Å². The van der Waals surface area contributed by atoms with E-state index in [2.05, 4.69) is 0 Å². The fourth-order valence-corrected chi connectivity index (χ4v) is 3.06. The van der Waals surface area contributed by atoms with Crippen LogP contribution in [0.3, 0.4) is 0 Å². The minimum Gasteiger partial charge on any atom is -0.367 e. The lowest BCUT2D eigenvalue weighted by molar-refractivity contribution is -0.137. The second kappa shape index (κ2) is 6.06. The molecule has 1 amide bonds. The van der Waals surface area contributed by atoms with Crippen LogP contribution in [0.4, 0.5) is 18.9 Å². The Kier molecular flexibility index (Phi) is 4.25. The first-order valence-electron chi connectivity index (χ1n) is 8.14. The Morgan fingerprint density at radius 3 is 2.35 bits per heavy atom. The van der Waals surface area contributed by atoms with E-state index in [1.54, 1.807) is 21.9 Å². The second-order valence-corrected chi connectivity index (χ2v) is 6.29. The number of aryl methyl sites for hydroxylation is 1. The Morgan fingerprint density at radius 1 is 1.17 bits per heavy atom. The van der Waals surface area contributed by atoms with Crippen LogP contribution in [0.25, 0.3) is 0 Å². The third kappa shape index (κ3) is 3.46. The molecule has 1 saturated carbocycles. The summed E-state index contributed by atoms with van der Waals surface area (Å²) in [5.74, 6) is 0.332. The number of halogens is 3. The molecule has 6 heteroatoms. The van der Waals surface area contributed by atoms with Crippen LogP contribution in [0, 0.1) is 5.92 Å². The number of hydrogen-bond donors (Lipinski definition) is 0. The molecule has 0 radical (unpaired) electrons. The fraction of sp³-hybridized carbons (Fsp3) is 0.588. The normalized spacial score (nSPS) is 19.1. The molecule has 1 aromatic rings. The highest BCUT2D eigenvalue weighted by molar-refractivity contribution is 5.81. The molecule has 0 spiro atoms. The number of hydrogen-bond acceptors (Lipinski definition) is 2. The zero-order chi connectivity index (χ0) is 16.6. The summed E-state index contributed by atoms with van der Waals surface area (Å²) in [6.07, 6.45) is -1.87. The van der Waals surface area contributed by atoms with Gasteiger partial charge in [-0.05, 0) is 37.0 Å². The van der Waals surface area contributed by atoms with E-state index in [0.717, 1.165) is 12.8 Å². The quantitative estimate of drug-likeness (QED) is 0.851. The topological polar surface area (TPSA) is 23.6 Å². The molecule has 1 aliphatic heterocycles. The number of alkyl halides is 3. The molecule has 2 fully saturated rings. The van der Waals surface area contributed by atoms with Crippen molar-refractivity contribution in [2.24, 2.45) is 5.92 Å². The summed E-state index contributed by atoms with van der Waals surface area (Å²) in [4.78, 5) is 15.6. The van der Waals surface area contributed by atoms with Crippen LogP contribution in [0.15, 0.2) is 18.2 Å². The van der Waals surface area contributed by atoms with Crippen molar-refractivity contribution < 1.29 is 18.0 Å². The average molecular weight is 326 g/mol. The first-order valence-corrected chi connectivity index (χ1v) is 8.14. The number of piperazine rings is 1. The summed E-state index contributed by atoms with van der Waals surface area (Å²) in [6.45, 7) is 3.75. The highest BCUT2D eigenvalue weighted by atomic mass is 19.4. The number of carbonyl (C=O) groups excluding carboxylic acids is 1. The van der Waals surface area contributed by atoms with Crippen LogP contribution in [0.2, 0.25) is 0 Å². The second-order valence-electron chi connectivity index (χ2n) is 6.29. The van der Waals surface area contributed by atoms with Crippen molar-refractivity contribution in [3.05, 3.63) is 29.3 Å². The molecule has 3 rings (SSSR count). The van der Waals surface area contributed by atoms with Gasteiger partial charge in [0, 0.05) is 37.8 Å². The van der Waals surface area contributed by atoms with Crippen molar-refractivity contribution in [2.45, 2.75) is 32.4 Å². The predicted molar refractivity (Wildman–Crippen MR) is 82.3 cm³/mol. The molecule has 0 bridgehead atoms. The number of anilines is 1. The van der Waals surface area contributed by atoms with Crippen LogP contribution < -0.4 is 4.90 Å². The van der Waals surface area contributed by atoms with Gasteiger partial charge in [-0.15, -0.1) is 0 Å². The van der Waals surface area contributed by atoms with E-state index in [-0.39, 0.29) is 17.5 Å². The Labute approximate surface area is 134 Å². The van der Waals surface area contributed by atoms with Crippen molar-refractivity contribution in [3.8, 4) is 0 Å². The molecule has 0 aromatic heterocycles. The summed E-state index contributed by atoms with van der Waals surface area (Å²) in [5, 5.41) is 0. The van der Waals surface area contributed by atoms with E-state index in [1.807, 2.05) is 6.92 Å². The molecule has 1 heterocycles. The molecule has 2 aliphatic rings. The Bertz CT molecular complexity index is 588. The molecule has 1 aromatic carbocycles. The molecule has 23 heavy (non-hydrogen) atoms. The third-order valence-corrected chi connectivity index (χ3v) is 4.63. The first kappa shape index (κ1) is 16.1. The SMILES string of the molecule is CCc1ccc(N2CCN(C(=O)C3CC3)CC2)c(C(F)(F)F)c1. The van der Waals surface area contributed by atoms with Gasteiger partial charge in [-0.25, -0.2) is 0 Å². The molecule has 0 unspecified atom stereocenters. The van der Waals surface area contributed by atoms with Crippen molar-refractivity contribution in [2.75, 3.05) is 31.1 Å². The molecule has 3 nitrogen and oxygen atoms in total. The fourth-order valence-electron chi connectivity index (χ4n) is 3.06. The minimum atomic E-state index is -4.36. The summed E-state index contributed by atoms with van der Waals surface area (Å²) in [5.41, 5.74) is 0.343. The lowest BCUT2D eigenvalue weighted by Gasteiger charge is -2.37. The summed E-state index contributed by atoms with van der Waals surface area (Å²) < 4.78 is 40.0. The largest absolute Gasteiger partial charge is 0.418 e. The van der Waals surface area contributed by atoms with Gasteiger partial charge in [-0.1, -0.05) is 13.0 Å². The summed E-state index contributed by atoms with van der Waals surface area (Å²) in [6, 6.07) is 4.57. The predicted octanol–water partition coefficient (Wildman–Crippen LogP) is 3.33. The summed E-state index contributed by atoms with van der Waals surface area (Å²) in [7, 11) is 0. The molecular formula is C17H21F3N2O. The maximum absolute atomic E-state index is 13.3. The number of nitrogens with zero attached hydrogens (tertiary/aromatic N) is 2. The molecule has 1 saturated heterocycles. The van der Waals surface area contributed by atoms with Crippen molar-refractivity contribution in [3.63, 3.8) is 0 Å². The van der Waals surface area contributed by atoms with E-state index in [9.17, 15) is 18.0 Å². The zero-order valence-corrected chi connectivity index (χ0v) is 13.2. The Hall–Kier alpha value is -1.72. The highest BCUT2D eigenvalue weighted by Crippen LogP contribution is 2.38. The van der Waals surface area contributed by atoms with Crippen LogP contribution >= 0.6 is 0 Å². The highest BCUT2D eigenvalue weighted by Gasteiger charge is 2.37. The Balaban J connectivity index is 1.76. The first-order chi connectivity index (χ1) is 10.9. The molecule has 0 N–H and O–H groups in total. The van der Waals surface area contributed by atoms with Gasteiger partial charge in [0.1, 0.15) is 0 Å². The van der Waals surface area contributed by atoms with Gasteiger partial charge in [0.25, 0.3) is 0 Å². The lowest BCUT2D eigenvalue weighted by Crippen LogP contribution is -2.49. The van der Waals surface area contributed by atoms with E-state index >= 15 is 0 Å². The monoisotopic (exact) mass is 326 g/mol. The number of rotatable bonds is 3. The number of carbonyl (C=O) groups is 1. The van der Waals surface area contributed by atoms with Crippen molar-refractivity contribution >= 4 is 11.6 Å². The van der Waals surface area contributed by atoms with Gasteiger partial charge in [-0.2, -0.15) is 13.2 Å². The van der Waals surface area contributed by atoms with Crippen LogP contribution in [0.1, 0.15) is 30.9 Å². The van der Waals surface area contributed by atoms with Crippen LogP contribution in [0.5, 0.6) is 0 Å². The lowest BCUT2D eigenvalue weighted by atomic mass is 10.0. The van der Waals surface area contributed by atoms with Crippen molar-refractivity contribution in [1.29, 1.82) is 0 Å². The van der Waals surface area contributed by atoms with Crippen LogP contribution in [-0.2, 0) is 17.4 Å². The molecular weight excluding hydrogens is 305 g/mol. The maximum Gasteiger partial charge on any atom is 0.418 e. The number of amides is 1. The van der Waals surface area contributed by atoms with Gasteiger partial charge in [-0.3, -0.25) is 4.79 Å². The van der Waals surface area contributed by atoms with Gasteiger partial charge >= 0.3 is 6.18 Å². The van der Waals surface area contributed by atoms with E-state index in [0.29, 0.717) is 38.2 Å². The van der Waals surface area contributed by atoms with Gasteiger partial charge in [0.15, 0.2) is 0 Å². The Morgan fingerprint density at radius 2 is 1.83 bits per heavy atom. The molecule has 126 valence electrons. The molecule has 1 aliphatic carbocycles. The standard InChI is InChI=1S/C17H21F3N2O/c1-2-12-3-6-15(14(11-12)17(18,19)20)21-7-9-22(10-8-21)16(23)13-4-5-13/h3,6,11,13H,2,4-5,7-10H2,1H3. The van der Waals surface area contributed by atoms with Gasteiger partial charge in [0.05, 0.1) is 5.56 Å². The third-order valence-electron chi connectivity index (χ3n) is 4.63. The molecule has 0 atom stereocenters. The smallest absolute Gasteiger partial charge is 0.367 e. The van der Waals surface area contributed by atoms with Crippen molar-refractivity contribution in [1.82, 2.24) is 4.90 Å².